The number of rotatable bonds is 4. The number of hydrogen-bond acceptors (Lipinski definition) is 3. The van der Waals surface area contributed by atoms with Crippen molar-refractivity contribution >= 4 is 15.9 Å². The SMILES string of the molecule is CC(CBr)CCc1nnn(C)n1. The smallest absolute Gasteiger partial charge is 0.167 e. The van der Waals surface area contributed by atoms with Gasteiger partial charge < -0.3 is 0 Å². The highest BCUT2D eigenvalue weighted by atomic mass is 79.9. The third-order valence-corrected chi connectivity index (χ3v) is 2.78. The van der Waals surface area contributed by atoms with Crippen LogP contribution in [0, 0.1) is 5.92 Å². The summed E-state index contributed by atoms with van der Waals surface area (Å²) in [6.07, 6.45) is 2.03. The number of nitrogens with zero attached hydrogens (tertiary/aromatic N) is 4. The molecule has 68 valence electrons. The Morgan fingerprint density at radius 3 is 2.83 bits per heavy atom. The maximum absolute atomic E-state index is 4.10. The van der Waals surface area contributed by atoms with Crippen LogP contribution in [0.25, 0.3) is 0 Å². The van der Waals surface area contributed by atoms with Gasteiger partial charge in [-0.25, -0.2) is 0 Å². The van der Waals surface area contributed by atoms with Crippen molar-refractivity contribution in [1.29, 1.82) is 0 Å². The van der Waals surface area contributed by atoms with Gasteiger partial charge in [0.25, 0.3) is 0 Å². The van der Waals surface area contributed by atoms with E-state index in [2.05, 4.69) is 38.3 Å². The van der Waals surface area contributed by atoms with Crippen LogP contribution in [0.5, 0.6) is 0 Å². The Labute approximate surface area is 80.5 Å². The zero-order valence-corrected chi connectivity index (χ0v) is 8.95. The van der Waals surface area contributed by atoms with Gasteiger partial charge in [0.2, 0.25) is 0 Å². The summed E-state index contributed by atoms with van der Waals surface area (Å²) in [6, 6.07) is 0. The summed E-state index contributed by atoms with van der Waals surface area (Å²) in [4.78, 5) is 1.49. The second kappa shape index (κ2) is 4.54. The number of tetrazole rings is 1. The largest absolute Gasteiger partial charge is 0.174 e. The monoisotopic (exact) mass is 232 g/mol. The van der Waals surface area contributed by atoms with Gasteiger partial charge in [-0.3, -0.25) is 0 Å². The molecule has 0 aromatic carbocycles. The molecule has 5 heteroatoms. The van der Waals surface area contributed by atoms with Gasteiger partial charge in [0.1, 0.15) is 0 Å². The molecule has 1 rings (SSSR count). The van der Waals surface area contributed by atoms with E-state index in [1.807, 2.05) is 0 Å². The Morgan fingerprint density at radius 1 is 1.58 bits per heavy atom. The second-order valence-corrected chi connectivity index (χ2v) is 3.64. The molecule has 0 fully saturated rings. The molecular formula is C7H13BrN4. The molecule has 12 heavy (non-hydrogen) atoms. The molecule has 1 unspecified atom stereocenters. The van der Waals surface area contributed by atoms with E-state index in [1.54, 1.807) is 7.05 Å². The number of hydrogen-bond donors (Lipinski definition) is 0. The summed E-state index contributed by atoms with van der Waals surface area (Å²) in [5.41, 5.74) is 0. The van der Waals surface area contributed by atoms with E-state index in [9.17, 15) is 0 Å². The van der Waals surface area contributed by atoms with Crippen molar-refractivity contribution in [3.63, 3.8) is 0 Å². The third-order valence-electron chi connectivity index (χ3n) is 1.67. The Morgan fingerprint density at radius 2 is 2.33 bits per heavy atom. The van der Waals surface area contributed by atoms with Crippen LogP contribution in [0.1, 0.15) is 19.2 Å². The average molecular weight is 233 g/mol. The molecular weight excluding hydrogens is 220 g/mol. The van der Waals surface area contributed by atoms with Gasteiger partial charge in [0.15, 0.2) is 5.82 Å². The highest BCUT2D eigenvalue weighted by Gasteiger charge is 2.04. The van der Waals surface area contributed by atoms with Crippen LogP contribution in [-0.4, -0.2) is 25.5 Å². The van der Waals surface area contributed by atoms with Crippen molar-refractivity contribution < 1.29 is 0 Å². The van der Waals surface area contributed by atoms with Gasteiger partial charge in [0.05, 0.1) is 7.05 Å². The third kappa shape index (κ3) is 2.89. The average Bonchev–Trinajstić information content (AvgIpc) is 2.47. The Hall–Kier alpha value is -0.450. The molecule has 0 radical (unpaired) electrons. The molecule has 1 atom stereocenters. The normalized spacial score (nSPS) is 13.2. The lowest BCUT2D eigenvalue weighted by Gasteiger charge is -2.02. The summed E-state index contributed by atoms with van der Waals surface area (Å²) in [5.74, 6) is 1.51. The van der Waals surface area contributed by atoms with Crippen molar-refractivity contribution in [3.05, 3.63) is 5.82 Å². The maximum Gasteiger partial charge on any atom is 0.174 e. The topological polar surface area (TPSA) is 43.6 Å². The Balaban J connectivity index is 2.33. The fourth-order valence-electron chi connectivity index (χ4n) is 0.876. The van der Waals surface area contributed by atoms with Crippen LogP contribution in [0.15, 0.2) is 0 Å². The zero-order valence-electron chi connectivity index (χ0n) is 7.37. The highest BCUT2D eigenvalue weighted by molar-refractivity contribution is 9.09. The van der Waals surface area contributed by atoms with E-state index in [0.717, 1.165) is 24.0 Å². The van der Waals surface area contributed by atoms with Crippen molar-refractivity contribution in [2.45, 2.75) is 19.8 Å². The van der Waals surface area contributed by atoms with Gasteiger partial charge in [-0.2, -0.15) is 4.80 Å². The van der Waals surface area contributed by atoms with Gasteiger partial charge in [0, 0.05) is 11.8 Å². The molecule has 0 amide bonds. The summed E-state index contributed by atoms with van der Waals surface area (Å²) >= 11 is 3.43. The molecule has 0 bridgehead atoms. The number of halogens is 1. The first-order chi connectivity index (χ1) is 5.72. The lowest BCUT2D eigenvalue weighted by molar-refractivity contribution is 0.582. The molecule has 1 aromatic heterocycles. The van der Waals surface area contributed by atoms with Crippen LogP contribution >= 0.6 is 15.9 Å². The molecule has 0 saturated heterocycles. The predicted octanol–water partition coefficient (Wildman–Crippen LogP) is 1.17. The highest BCUT2D eigenvalue weighted by Crippen LogP contribution is 2.07. The predicted molar refractivity (Wildman–Crippen MR) is 50.1 cm³/mol. The molecule has 0 N–H and O–H groups in total. The number of alkyl halides is 1. The zero-order chi connectivity index (χ0) is 8.97. The van der Waals surface area contributed by atoms with Crippen LogP contribution in [0.3, 0.4) is 0 Å². The van der Waals surface area contributed by atoms with Crippen molar-refractivity contribution in [3.8, 4) is 0 Å². The first kappa shape index (κ1) is 9.64. The fraction of sp³-hybridized carbons (Fsp3) is 0.857. The van der Waals surface area contributed by atoms with E-state index in [1.165, 1.54) is 4.80 Å². The minimum Gasteiger partial charge on any atom is -0.167 e. The molecule has 0 aliphatic rings. The van der Waals surface area contributed by atoms with E-state index < -0.39 is 0 Å². The van der Waals surface area contributed by atoms with Gasteiger partial charge in [-0.15, -0.1) is 10.2 Å². The van der Waals surface area contributed by atoms with E-state index in [-0.39, 0.29) is 0 Å². The lowest BCUT2D eigenvalue weighted by Crippen LogP contribution is -2.00. The van der Waals surface area contributed by atoms with Gasteiger partial charge in [-0.1, -0.05) is 22.9 Å². The minimum absolute atomic E-state index is 0.675. The summed E-state index contributed by atoms with van der Waals surface area (Å²) < 4.78 is 0. The van der Waals surface area contributed by atoms with E-state index in [4.69, 9.17) is 0 Å². The van der Waals surface area contributed by atoms with Crippen LogP contribution in [0.4, 0.5) is 0 Å². The molecule has 0 saturated carbocycles. The first-order valence-corrected chi connectivity index (χ1v) is 5.13. The van der Waals surface area contributed by atoms with Crippen molar-refractivity contribution in [2.24, 2.45) is 13.0 Å². The summed E-state index contributed by atoms with van der Waals surface area (Å²) in [5, 5.41) is 12.8. The fourth-order valence-corrected chi connectivity index (χ4v) is 1.20. The molecule has 4 nitrogen and oxygen atoms in total. The minimum atomic E-state index is 0.675. The van der Waals surface area contributed by atoms with Gasteiger partial charge in [-0.05, 0) is 17.6 Å². The van der Waals surface area contributed by atoms with Crippen molar-refractivity contribution in [2.75, 3.05) is 5.33 Å². The van der Waals surface area contributed by atoms with E-state index >= 15 is 0 Å². The second-order valence-electron chi connectivity index (χ2n) is 2.99. The molecule has 0 aliphatic carbocycles. The van der Waals surface area contributed by atoms with Crippen molar-refractivity contribution in [1.82, 2.24) is 20.2 Å². The Kier molecular flexibility index (Phi) is 3.65. The summed E-state index contributed by atoms with van der Waals surface area (Å²) in [7, 11) is 1.78. The standard InChI is InChI=1S/C7H13BrN4/c1-6(5-8)3-4-7-9-11-12(2)10-7/h6H,3-5H2,1-2H3. The Bertz CT molecular complexity index is 235. The quantitative estimate of drug-likeness (QED) is 0.733. The molecule has 1 heterocycles. The van der Waals surface area contributed by atoms with Crippen LogP contribution in [-0.2, 0) is 13.5 Å². The summed E-state index contributed by atoms with van der Waals surface area (Å²) in [6.45, 7) is 2.20. The van der Waals surface area contributed by atoms with Crippen LogP contribution in [0.2, 0.25) is 0 Å². The number of aryl methyl sites for hydroxylation is 2. The first-order valence-electron chi connectivity index (χ1n) is 4.01. The molecule has 1 aromatic rings. The molecule has 0 aliphatic heterocycles. The molecule has 0 spiro atoms. The number of aromatic nitrogens is 4. The van der Waals surface area contributed by atoms with Gasteiger partial charge >= 0.3 is 0 Å². The maximum atomic E-state index is 4.10. The lowest BCUT2D eigenvalue weighted by atomic mass is 10.1. The van der Waals surface area contributed by atoms with Crippen LogP contribution < -0.4 is 0 Å². The van der Waals surface area contributed by atoms with E-state index in [0.29, 0.717) is 5.92 Å².